The molecule has 2 heterocycles. The van der Waals surface area contributed by atoms with Crippen LogP contribution in [0.4, 0.5) is 0 Å². The first-order chi connectivity index (χ1) is 9.58. The second-order valence-corrected chi connectivity index (χ2v) is 7.55. The van der Waals surface area contributed by atoms with Gasteiger partial charge in [0, 0.05) is 25.9 Å². The van der Waals surface area contributed by atoms with Crippen molar-refractivity contribution in [3.8, 4) is 0 Å². The Morgan fingerprint density at radius 1 is 1.52 bits per heavy atom. The number of nitrogens with two attached hydrogens (primary N) is 1. The maximum absolute atomic E-state index is 12.3. The summed E-state index contributed by atoms with van der Waals surface area (Å²) in [4.78, 5) is 12.2. The maximum atomic E-state index is 12.3. The molecule has 1 fully saturated rings. The lowest BCUT2D eigenvalue weighted by Crippen LogP contribution is -2.46. The van der Waals surface area contributed by atoms with E-state index in [-0.39, 0.29) is 28.1 Å². The van der Waals surface area contributed by atoms with Gasteiger partial charge in [-0.25, -0.2) is 13.6 Å². The first-order valence-electron chi connectivity index (χ1n) is 6.72. The highest BCUT2D eigenvalue weighted by atomic mass is 32.2. The molecule has 21 heavy (non-hydrogen) atoms. The highest BCUT2D eigenvalue weighted by molar-refractivity contribution is 7.89. The highest BCUT2D eigenvalue weighted by Crippen LogP contribution is 2.24. The minimum Gasteiger partial charge on any atom is -0.375 e. The van der Waals surface area contributed by atoms with Crippen molar-refractivity contribution < 1.29 is 17.9 Å². The van der Waals surface area contributed by atoms with Gasteiger partial charge in [-0.15, -0.1) is 0 Å². The van der Waals surface area contributed by atoms with Crippen LogP contribution in [0.1, 0.15) is 37.2 Å². The minimum atomic E-state index is -3.81. The Bertz CT molecular complexity index is 648. The molecule has 1 aromatic heterocycles. The Kier molecular flexibility index (Phi) is 4.14. The van der Waals surface area contributed by atoms with Gasteiger partial charge in [0.15, 0.2) is 0 Å². The standard InChI is InChI=1S/C13H21N3O4S/c1-13(2)7-9(4-5-20-13)15-12(17)11-6-10(8-16(11)3)21(14,18)19/h6,8-9H,4-5,7H2,1-3H3,(H,15,17)(H2,14,18,19). The van der Waals surface area contributed by atoms with E-state index in [1.165, 1.54) is 16.8 Å². The van der Waals surface area contributed by atoms with Gasteiger partial charge in [0.25, 0.3) is 5.91 Å². The lowest BCUT2D eigenvalue weighted by molar-refractivity contribution is -0.0615. The number of nitrogens with zero attached hydrogens (tertiary/aromatic N) is 1. The Hall–Kier alpha value is -1.38. The van der Waals surface area contributed by atoms with Crippen molar-refractivity contribution in [2.45, 2.75) is 43.2 Å². The molecule has 0 spiro atoms. The van der Waals surface area contributed by atoms with Crippen LogP contribution >= 0.6 is 0 Å². The quantitative estimate of drug-likeness (QED) is 0.840. The summed E-state index contributed by atoms with van der Waals surface area (Å²) < 4.78 is 29.7. The molecule has 3 N–H and O–H groups in total. The summed E-state index contributed by atoms with van der Waals surface area (Å²) in [5.74, 6) is -0.310. The molecule has 0 bridgehead atoms. The van der Waals surface area contributed by atoms with Gasteiger partial charge in [0.05, 0.1) is 5.60 Å². The van der Waals surface area contributed by atoms with Crippen molar-refractivity contribution in [2.24, 2.45) is 12.2 Å². The number of amides is 1. The van der Waals surface area contributed by atoms with E-state index in [0.717, 1.165) is 6.42 Å². The van der Waals surface area contributed by atoms with Crippen LogP contribution in [-0.2, 0) is 21.8 Å². The van der Waals surface area contributed by atoms with E-state index in [4.69, 9.17) is 9.88 Å². The molecule has 7 nitrogen and oxygen atoms in total. The normalized spacial score (nSPS) is 22.0. The predicted octanol–water partition coefficient (Wildman–Crippen LogP) is 0.360. The summed E-state index contributed by atoms with van der Waals surface area (Å²) in [6, 6.07) is 1.30. The van der Waals surface area contributed by atoms with Crippen LogP contribution in [0.15, 0.2) is 17.2 Å². The number of carbonyl (C=O) groups is 1. The predicted molar refractivity (Wildman–Crippen MR) is 77.3 cm³/mol. The maximum Gasteiger partial charge on any atom is 0.268 e. The molecular weight excluding hydrogens is 294 g/mol. The number of primary sulfonamides is 1. The largest absolute Gasteiger partial charge is 0.375 e. The van der Waals surface area contributed by atoms with Gasteiger partial charge in [0.2, 0.25) is 10.0 Å². The fourth-order valence-corrected chi connectivity index (χ4v) is 3.11. The van der Waals surface area contributed by atoms with Crippen LogP contribution in [0.5, 0.6) is 0 Å². The fraction of sp³-hybridized carbons (Fsp3) is 0.615. The molecule has 0 aromatic carbocycles. The number of hydrogen-bond acceptors (Lipinski definition) is 4. The number of carbonyl (C=O) groups excluding carboxylic acids is 1. The van der Waals surface area contributed by atoms with Gasteiger partial charge >= 0.3 is 0 Å². The van der Waals surface area contributed by atoms with Crippen molar-refractivity contribution in [2.75, 3.05) is 6.61 Å². The third kappa shape index (κ3) is 3.84. The van der Waals surface area contributed by atoms with Crippen LogP contribution in [-0.4, -0.2) is 37.1 Å². The summed E-state index contributed by atoms with van der Waals surface area (Å²) in [7, 11) is -2.20. The Morgan fingerprint density at radius 3 is 2.71 bits per heavy atom. The zero-order valence-corrected chi connectivity index (χ0v) is 13.2. The zero-order chi connectivity index (χ0) is 15.8. The van der Waals surface area contributed by atoms with Crippen LogP contribution in [0.3, 0.4) is 0 Å². The third-order valence-corrected chi connectivity index (χ3v) is 4.45. The van der Waals surface area contributed by atoms with E-state index in [0.29, 0.717) is 13.0 Å². The van der Waals surface area contributed by atoms with E-state index in [1.54, 1.807) is 7.05 Å². The fourth-order valence-electron chi connectivity index (χ4n) is 2.53. The summed E-state index contributed by atoms with van der Waals surface area (Å²) in [5.41, 5.74) is -0.000729. The first kappa shape index (κ1) is 16.0. The number of sulfonamides is 1. The summed E-state index contributed by atoms with van der Waals surface area (Å²) >= 11 is 0. The molecule has 0 radical (unpaired) electrons. The van der Waals surface area contributed by atoms with Crippen molar-refractivity contribution in [1.82, 2.24) is 9.88 Å². The van der Waals surface area contributed by atoms with E-state index < -0.39 is 10.0 Å². The zero-order valence-electron chi connectivity index (χ0n) is 12.4. The number of rotatable bonds is 3. The molecule has 2 rings (SSSR count). The van der Waals surface area contributed by atoms with Crippen molar-refractivity contribution in [1.29, 1.82) is 0 Å². The van der Waals surface area contributed by atoms with Crippen LogP contribution in [0.25, 0.3) is 0 Å². The topological polar surface area (TPSA) is 103 Å². The first-order valence-corrected chi connectivity index (χ1v) is 8.27. The van der Waals surface area contributed by atoms with E-state index in [9.17, 15) is 13.2 Å². The molecule has 1 aliphatic heterocycles. The van der Waals surface area contributed by atoms with Crippen LogP contribution < -0.4 is 10.5 Å². The average Bonchev–Trinajstić information content (AvgIpc) is 2.69. The lowest BCUT2D eigenvalue weighted by atomic mass is 9.94. The molecule has 1 unspecified atom stereocenters. The number of nitrogens with one attached hydrogen (secondary N) is 1. The number of hydrogen-bond donors (Lipinski definition) is 2. The molecule has 1 saturated heterocycles. The molecule has 1 amide bonds. The summed E-state index contributed by atoms with van der Waals surface area (Å²) in [5, 5.41) is 7.99. The Balaban J connectivity index is 2.12. The van der Waals surface area contributed by atoms with Crippen LogP contribution in [0, 0.1) is 0 Å². The summed E-state index contributed by atoms with van der Waals surface area (Å²) in [6.45, 7) is 4.55. The monoisotopic (exact) mass is 315 g/mol. The number of ether oxygens (including phenoxy) is 1. The molecule has 118 valence electrons. The molecule has 1 aliphatic rings. The van der Waals surface area contributed by atoms with E-state index in [1.807, 2.05) is 13.8 Å². The van der Waals surface area contributed by atoms with Gasteiger partial charge < -0.3 is 14.6 Å². The molecular formula is C13H21N3O4S. The van der Waals surface area contributed by atoms with Crippen molar-refractivity contribution in [3.63, 3.8) is 0 Å². The van der Waals surface area contributed by atoms with E-state index in [2.05, 4.69) is 5.32 Å². The lowest BCUT2D eigenvalue weighted by Gasteiger charge is -2.35. The van der Waals surface area contributed by atoms with Gasteiger partial charge in [0.1, 0.15) is 10.6 Å². The average molecular weight is 315 g/mol. The second kappa shape index (κ2) is 5.43. The Morgan fingerprint density at radius 2 is 2.19 bits per heavy atom. The van der Waals surface area contributed by atoms with Gasteiger partial charge in [-0.3, -0.25) is 4.79 Å². The van der Waals surface area contributed by atoms with Crippen molar-refractivity contribution >= 4 is 15.9 Å². The van der Waals surface area contributed by atoms with Crippen LogP contribution in [0.2, 0.25) is 0 Å². The second-order valence-electron chi connectivity index (χ2n) is 5.99. The van der Waals surface area contributed by atoms with E-state index >= 15 is 0 Å². The molecule has 0 aliphatic carbocycles. The van der Waals surface area contributed by atoms with Gasteiger partial charge in [-0.05, 0) is 32.8 Å². The number of aromatic nitrogens is 1. The highest BCUT2D eigenvalue weighted by Gasteiger charge is 2.30. The Labute approximate surface area is 124 Å². The molecule has 1 atom stereocenters. The number of aryl methyl sites for hydroxylation is 1. The molecule has 8 heteroatoms. The minimum absolute atomic E-state index is 0.00841. The molecule has 1 aromatic rings. The summed E-state index contributed by atoms with van der Waals surface area (Å²) in [6.07, 6.45) is 2.78. The van der Waals surface area contributed by atoms with Gasteiger partial charge in [-0.1, -0.05) is 0 Å². The smallest absolute Gasteiger partial charge is 0.268 e. The third-order valence-electron chi connectivity index (χ3n) is 3.57. The molecule has 0 saturated carbocycles. The SMILES string of the molecule is Cn1cc(S(N)(=O)=O)cc1C(=O)NC1CCOC(C)(C)C1. The van der Waals surface area contributed by atoms with Crippen molar-refractivity contribution in [3.05, 3.63) is 18.0 Å². The van der Waals surface area contributed by atoms with Gasteiger partial charge in [-0.2, -0.15) is 0 Å².